The van der Waals surface area contributed by atoms with E-state index in [1.54, 1.807) is 17.5 Å². The molecule has 1 N–H and O–H groups in total. The van der Waals surface area contributed by atoms with Crippen LogP contribution < -0.4 is 10.1 Å². The van der Waals surface area contributed by atoms with Gasteiger partial charge in [0, 0.05) is 36.3 Å². The van der Waals surface area contributed by atoms with Crippen LogP contribution in [0, 0.1) is 0 Å². The minimum Gasteiger partial charge on any atom is -0.478 e. The Kier molecular flexibility index (Phi) is 4.58. The van der Waals surface area contributed by atoms with Crippen LogP contribution in [0.1, 0.15) is 22.9 Å². The van der Waals surface area contributed by atoms with E-state index in [4.69, 9.17) is 4.74 Å². The molecular weight excluding hydrogens is 298 g/mol. The van der Waals surface area contributed by atoms with Gasteiger partial charge in [0.15, 0.2) is 0 Å². The molecule has 116 valence electrons. The smallest absolute Gasteiger partial charge is 0.317 e. The molecule has 2 aromatic rings. The van der Waals surface area contributed by atoms with Gasteiger partial charge in [-0.1, -0.05) is 6.07 Å². The molecule has 0 spiro atoms. The molecule has 6 heteroatoms. The molecule has 1 aliphatic rings. The number of nitrogens with one attached hydrogen (secondary N) is 1. The summed E-state index contributed by atoms with van der Waals surface area (Å²) >= 11 is 1.77. The molecule has 5 nitrogen and oxygen atoms in total. The summed E-state index contributed by atoms with van der Waals surface area (Å²) in [5, 5.41) is 5.05. The zero-order chi connectivity index (χ0) is 15.4. The van der Waals surface area contributed by atoms with Crippen molar-refractivity contribution in [3.63, 3.8) is 0 Å². The van der Waals surface area contributed by atoms with E-state index < -0.39 is 0 Å². The second kappa shape index (κ2) is 6.79. The van der Waals surface area contributed by atoms with E-state index in [2.05, 4.69) is 21.7 Å². The van der Waals surface area contributed by atoms with Crippen LogP contribution in [0.2, 0.25) is 0 Å². The van der Waals surface area contributed by atoms with Crippen LogP contribution in [-0.4, -0.2) is 29.1 Å². The van der Waals surface area contributed by atoms with Crippen LogP contribution in [-0.2, 0) is 19.5 Å². The van der Waals surface area contributed by atoms with Crippen molar-refractivity contribution in [3.05, 3.63) is 45.8 Å². The molecule has 3 heterocycles. The molecule has 0 fully saturated rings. The van der Waals surface area contributed by atoms with Crippen molar-refractivity contribution in [2.75, 3.05) is 13.2 Å². The number of carbonyl (C=O) groups is 1. The molecule has 0 radical (unpaired) electrons. The lowest BCUT2D eigenvalue weighted by Crippen LogP contribution is -2.42. The summed E-state index contributed by atoms with van der Waals surface area (Å²) in [5.41, 5.74) is 2.16. The summed E-state index contributed by atoms with van der Waals surface area (Å²) in [7, 11) is 0. The van der Waals surface area contributed by atoms with E-state index >= 15 is 0 Å². The fraction of sp³-hybridized carbons (Fsp3) is 0.375. The SMILES string of the molecule is CCOc1ncccc1CNC(=O)N1CCc2sccc2C1. The summed E-state index contributed by atoms with van der Waals surface area (Å²) in [6, 6.07) is 5.84. The minimum absolute atomic E-state index is 0.0387. The van der Waals surface area contributed by atoms with E-state index in [-0.39, 0.29) is 6.03 Å². The van der Waals surface area contributed by atoms with Gasteiger partial charge in [0.05, 0.1) is 6.61 Å². The van der Waals surface area contributed by atoms with Crippen molar-refractivity contribution in [2.45, 2.75) is 26.4 Å². The molecule has 2 aromatic heterocycles. The summed E-state index contributed by atoms with van der Waals surface area (Å²) in [4.78, 5) is 19.8. The first kappa shape index (κ1) is 14.8. The summed E-state index contributed by atoms with van der Waals surface area (Å²) in [6.07, 6.45) is 2.64. The monoisotopic (exact) mass is 317 g/mol. The van der Waals surface area contributed by atoms with Crippen LogP contribution in [0.25, 0.3) is 0 Å². The lowest BCUT2D eigenvalue weighted by molar-refractivity contribution is 0.192. The lowest BCUT2D eigenvalue weighted by Gasteiger charge is -2.27. The maximum atomic E-state index is 12.3. The Bertz CT molecular complexity index is 656. The largest absolute Gasteiger partial charge is 0.478 e. The third-order valence-corrected chi connectivity index (χ3v) is 4.68. The Morgan fingerprint density at radius 1 is 1.50 bits per heavy atom. The number of fused-ring (bicyclic) bond motifs is 1. The predicted molar refractivity (Wildman–Crippen MR) is 86.1 cm³/mol. The molecule has 0 aromatic carbocycles. The third kappa shape index (κ3) is 3.22. The highest BCUT2D eigenvalue weighted by molar-refractivity contribution is 7.10. The highest BCUT2D eigenvalue weighted by Gasteiger charge is 2.21. The van der Waals surface area contributed by atoms with Crippen molar-refractivity contribution >= 4 is 17.4 Å². The van der Waals surface area contributed by atoms with Crippen molar-refractivity contribution in [1.29, 1.82) is 0 Å². The van der Waals surface area contributed by atoms with Crippen LogP contribution in [0.4, 0.5) is 4.79 Å². The Morgan fingerprint density at radius 2 is 2.41 bits per heavy atom. The quantitative estimate of drug-likeness (QED) is 0.943. The Hall–Kier alpha value is -2.08. The number of amides is 2. The fourth-order valence-corrected chi connectivity index (χ4v) is 3.42. The third-order valence-electron chi connectivity index (χ3n) is 3.66. The van der Waals surface area contributed by atoms with Crippen molar-refractivity contribution in [2.24, 2.45) is 0 Å². The van der Waals surface area contributed by atoms with E-state index in [0.717, 1.165) is 18.5 Å². The number of ether oxygens (including phenoxy) is 1. The van der Waals surface area contributed by atoms with Gasteiger partial charge in [0.25, 0.3) is 0 Å². The normalized spacial score (nSPS) is 13.6. The highest BCUT2D eigenvalue weighted by atomic mass is 32.1. The first-order valence-electron chi connectivity index (χ1n) is 7.42. The fourth-order valence-electron chi connectivity index (χ4n) is 2.53. The van der Waals surface area contributed by atoms with Gasteiger partial charge in [0.2, 0.25) is 5.88 Å². The zero-order valence-electron chi connectivity index (χ0n) is 12.5. The molecule has 0 aliphatic carbocycles. The van der Waals surface area contributed by atoms with E-state index in [9.17, 15) is 4.79 Å². The summed E-state index contributed by atoms with van der Waals surface area (Å²) in [6.45, 7) is 4.37. The first-order chi connectivity index (χ1) is 10.8. The molecule has 0 unspecified atom stereocenters. The van der Waals surface area contributed by atoms with Gasteiger partial charge in [-0.25, -0.2) is 9.78 Å². The topological polar surface area (TPSA) is 54.5 Å². The molecule has 1 aliphatic heterocycles. The number of rotatable bonds is 4. The number of carbonyl (C=O) groups excluding carboxylic acids is 1. The Labute approximate surface area is 133 Å². The highest BCUT2D eigenvalue weighted by Crippen LogP contribution is 2.24. The van der Waals surface area contributed by atoms with Crippen LogP contribution in [0.5, 0.6) is 5.88 Å². The number of hydrogen-bond acceptors (Lipinski definition) is 4. The number of pyridine rings is 1. The second-order valence-corrected chi connectivity index (χ2v) is 6.10. The molecule has 0 saturated carbocycles. The molecule has 0 saturated heterocycles. The molecule has 3 rings (SSSR count). The summed E-state index contributed by atoms with van der Waals surface area (Å²) < 4.78 is 5.48. The maximum Gasteiger partial charge on any atom is 0.317 e. The Balaban J connectivity index is 1.59. The van der Waals surface area contributed by atoms with Gasteiger partial charge in [-0.05, 0) is 36.4 Å². The number of hydrogen-bond donors (Lipinski definition) is 1. The van der Waals surface area contributed by atoms with Crippen LogP contribution in [0.15, 0.2) is 29.8 Å². The maximum absolute atomic E-state index is 12.3. The average Bonchev–Trinajstić information content (AvgIpc) is 3.01. The van der Waals surface area contributed by atoms with E-state index in [1.807, 2.05) is 24.0 Å². The zero-order valence-corrected chi connectivity index (χ0v) is 13.4. The van der Waals surface area contributed by atoms with Gasteiger partial charge in [0.1, 0.15) is 0 Å². The van der Waals surface area contributed by atoms with Crippen molar-refractivity contribution in [3.8, 4) is 5.88 Å². The number of thiophene rings is 1. The van der Waals surface area contributed by atoms with Crippen LogP contribution in [0.3, 0.4) is 0 Å². The van der Waals surface area contributed by atoms with Gasteiger partial charge < -0.3 is 15.0 Å². The Morgan fingerprint density at radius 3 is 3.27 bits per heavy atom. The average molecular weight is 317 g/mol. The molecule has 0 atom stereocenters. The van der Waals surface area contributed by atoms with Gasteiger partial charge in [-0.15, -0.1) is 11.3 Å². The number of nitrogens with zero attached hydrogens (tertiary/aromatic N) is 2. The van der Waals surface area contributed by atoms with Crippen molar-refractivity contribution in [1.82, 2.24) is 15.2 Å². The van der Waals surface area contributed by atoms with Gasteiger partial charge >= 0.3 is 6.03 Å². The number of urea groups is 1. The van der Waals surface area contributed by atoms with Gasteiger partial charge in [-0.3, -0.25) is 0 Å². The lowest BCUT2D eigenvalue weighted by atomic mass is 10.1. The van der Waals surface area contributed by atoms with E-state index in [0.29, 0.717) is 25.6 Å². The predicted octanol–water partition coefficient (Wildman–Crippen LogP) is 2.81. The van der Waals surface area contributed by atoms with Crippen LogP contribution >= 0.6 is 11.3 Å². The van der Waals surface area contributed by atoms with Crippen molar-refractivity contribution < 1.29 is 9.53 Å². The molecule has 22 heavy (non-hydrogen) atoms. The molecule has 2 amide bonds. The standard InChI is InChI=1S/C16H19N3O2S/c1-2-21-15-12(4-3-7-17-15)10-18-16(20)19-8-5-14-13(11-19)6-9-22-14/h3-4,6-7,9H,2,5,8,10-11H2,1H3,(H,18,20). The molecule has 0 bridgehead atoms. The summed E-state index contributed by atoms with van der Waals surface area (Å²) in [5.74, 6) is 0.587. The second-order valence-electron chi connectivity index (χ2n) is 5.10. The van der Waals surface area contributed by atoms with E-state index in [1.165, 1.54) is 10.4 Å². The minimum atomic E-state index is -0.0387. The first-order valence-corrected chi connectivity index (χ1v) is 8.30. The van der Waals surface area contributed by atoms with Gasteiger partial charge in [-0.2, -0.15) is 0 Å². The number of aromatic nitrogens is 1. The molecular formula is C16H19N3O2S.